The second-order valence-electron chi connectivity index (χ2n) is 4.42. The molecule has 0 aliphatic heterocycles. The third-order valence-corrected chi connectivity index (χ3v) is 5.00. The van der Waals surface area contributed by atoms with Gasteiger partial charge >= 0.3 is 0 Å². The van der Waals surface area contributed by atoms with Gasteiger partial charge in [0.2, 0.25) is 0 Å². The summed E-state index contributed by atoms with van der Waals surface area (Å²) in [5.41, 5.74) is 2.51. The van der Waals surface area contributed by atoms with Crippen LogP contribution < -0.4 is 5.32 Å². The zero-order chi connectivity index (χ0) is 13.8. The number of hydrogen-bond acceptors (Lipinski definition) is 3. The molecule has 1 aromatic heterocycles. The van der Waals surface area contributed by atoms with Crippen LogP contribution in [0.1, 0.15) is 17.3 Å². The fraction of sp³-hybridized carbons (Fsp3) is 0.357. The molecule has 0 saturated heterocycles. The maximum Gasteiger partial charge on any atom is 0.0700 e. The highest BCUT2D eigenvalue weighted by atomic mass is 79.9. The Balaban J connectivity index is 2.11. The van der Waals surface area contributed by atoms with Crippen molar-refractivity contribution in [1.82, 2.24) is 15.1 Å². The number of halogens is 1. The smallest absolute Gasteiger partial charge is 0.0700 e. The van der Waals surface area contributed by atoms with Gasteiger partial charge in [-0.2, -0.15) is 5.10 Å². The van der Waals surface area contributed by atoms with Crippen molar-refractivity contribution < 1.29 is 0 Å². The topological polar surface area (TPSA) is 29.9 Å². The molecule has 0 fully saturated rings. The van der Waals surface area contributed by atoms with Gasteiger partial charge in [0.1, 0.15) is 0 Å². The van der Waals surface area contributed by atoms with Crippen molar-refractivity contribution in [3.63, 3.8) is 0 Å². The maximum absolute atomic E-state index is 4.28. The van der Waals surface area contributed by atoms with Crippen LogP contribution in [0.5, 0.6) is 0 Å². The van der Waals surface area contributed by atoms with Crippen LogP contribution in [0, 0.1) is 6.92 Å². The Morgan fingerprint density at radius 1 is 1.42 bits per heavy atom. The summed E-state index contributed by atoms with van der Waals surface area (Å²) >= 11 is 5.44. The third kappa shape index (κ3) is 3.41. The monoisotopic (exact) mass is 339 g/mol. The summed E-state index contributed by atoms with van der Waals surface area (Å²) in [6.45, 7) is 2.15. The molecule has 2 rings (SSSR count). The maximum atomic E-state index is 4.28. The summed E-state index contributed by atoms with van der Waals surface area (Å²) in [6, 6.07) is 8.75. The van der Waals surface area contributed by atoms with E-state index in [1.165, 1.54) is 16.2 Å². The first-order chi connectivity index (χ1) is 9.13. The molecule has 0 spiro atoms. The first-order valence-electron chi connectivity index (χ1n) is 6.16. The van der Waals surface area contributed by atoms with E-state index in [-0.39, 0.29) is 6.04 Å². The molecule has 102 valence electrons. The van der Waals surface area contributed by atoms with E-state index in [9.17, 15) is 0 Å². The van der Waals surface area contributed by atoms with Gasteiger partial charge in [-0.05, 0) is 41.5 Å². The van der Waals surface area contributed by atoms with E-state index in [2.05, 4.69) is 57.5 Å². The van der Waals surface area contributed by atoms with E-state index < -0.39 is 0 Å². The average Bonchev–Trinajstić information content (AvgIpc) is 2.73. The Morgan fingerprint density at radius 3 is 2.74 bits per heavy atom. The summed E-state index contributed by atoms with van der Waals surface area (Å²) in [7, 11) is 3.96. The molecule has 0 bridgehead atoms. The van der Waals surface area contributed by atoms with E-state index in [0.29, 0.717) is 0 Å². The van der Waals surface area contributed by atoms with Crippen molar-refractivity contribution in [3.8, 4) is 0 Å². The number of aromatic nitrogens is 2. The highest BCUT2D eigenvalue weighted by molar-refractivity contribution is 9.10. The van der Waals surface area contributed by atoms with Gasteiger partial charge in [0, 0.05) is 17.7 Å². The van der Waals surface area contributed by atoms with Gasteiger partial charge in [0.05, 0.1) is 22.4 Å². The highest BCUT2D eigenvalue weighted by Crippen LogP contribution is 2.29. The molecule has 1 unspecified atom stereocenters. The summed E-state index contributed by atoms with van der Waals surface area (Å²) in [5.74, 6) is 0.972. The quantitative estimate of drug-likeness (QED) is 0.845. The lowest BCUT2D eigenvalue weighted by molar-refractivity contribution is 0.583. The van der Waals surface area contributed by atoms with Gasteiger partial charge in [0.15, 0.2) is 0 Å². The Kier molecular flexibility index (Phi) is 5.07. The molecule has 1 aromatic carbocycles. The average molecular weight is 340 g/mol. The predicted molar refractivity (Wildman–Crippen MR) is 84.6 cm³/mol. The zero-order valence-corrected chi connectivity index (χ0v) is 13.8. The van der Waals surface area contributed by atoms with Crippen molar-refractivity contribution in [3.05, 3.63) is 46.2 Å². The number of aryl methyl sites for hydroxylation is 2. The molecule has 0 aliphatic carbocycles. The van der Waals surface area contributed by atoms with Gasteiger partial charge in [0.25, 0.3) is 0 Å². The lowest BCUT2D eigenvalue weighted by atomic mass is 10.2. The molecule has 0 radical (unpaired) electrons. The predicted octanol–water partition coefficient (Wildman–Crippen LogP) is 3.54. The van der Waals surface area contributed by atoms with Crippen molar-refractivity contribution in [2.75, 3.05) is 12.8 Å². The number of thioether (sulfide) groups is 1. The van der Waals surface area contributed by atoms with E-state index in [1.54, 1.807) is 0 Å². The first-order valence-corrected chi connectivity index (χ1v) is 7.94. The molecule has 0 amide bonds. The van der Waals surface area contributed by atoms with E-state index in [1.807, 2.05) is 36.7 Å². The first kappa shape index (κ1) is 14.6. The van der Waals surface area contributed by atoms with Gasteiger partial charge in [-0.3, -0.25) is 4.68 Å². The molecule has 2 aromatic rings. The van der Waals surface area contributed by atoms with E-state index in [4.69, 9.17) is 0 Å². The minimum atomic E-state index is 0.270. The minimum absolute atomic E-state index is 0.270. The second-order valence-corrected chi connectivity index (χ2v) is 6.34. The normalized spacial score (nSPS) is 12.6. The highest BCUT2D eigenvalue weighted by Gasteiger charge is 2.17. The fourth-order valence-corrected chi connectivity index (χ4v) is 3.77. The summed E-state index contributed by atoms with van der Waals surface area (Å²) in [4.78, 5) is 1.33. The van der Waals surface area contributed by atoms with Crippen LogP contribution in [-0.4, -0.2) is 22.6 Å². The summed E-state index contributed by atoms with van der Waals surface area (Å²) < 4.78 is 2.98. The van der Waals surface area contributed by atoms with Gasteiger partial charge < -0.3 is 5.32 Å². The SMILES string of the molecule is CNC(CSc1ccccc1C)c1c(Br)cnn1C. The van der Waals surface area contributed by atoms with Crippen LogP contribution in [0.25, 0.3) is 0 Å². The van der Waals surface area contributed by atoms with Crippen molar-refractivity contribution in [2.45, 2.75) is 17.9 Å². The molecule has 5 heteroatoms. The van der Waals surface area contributed by atoms with Crippen molar-refractivity contribution in [1.29, 1.82) is 0 Å². The molecule has 0 aliphatic rings. The van der Waals surface area contributed by atoms with Crippen molar-refractivity contribution >= 4 is 27.7 Å². The molecule has 19 heavy (non-hydrogen) atoms. The number of nitrogens with one attached hydrogen (secondary N) is 1. The molecular weight excluding hydrogens is 322 g/mol. The van der Waals surface area contributed by atoms with Gasteiger partial charge in [-0.25, -0.2) is 0 Å². The number of benzene rings is 1. The molecular formula is C14H18BrN3S. The van der Waals surface area contributed by atoms with Crippen LogP contribution in [0.4, 0.5) is 0 Å². The standard InChI is InChI=1S/C14H18BrN3S/c1-10-6-4-5-7-13(10)19-9-12(16-2)14-11(15)8-17-18(14)3/h4-8,12,16H,9H2,1-3H3. The fourth-order valence-electron chi connectivity index (χ4n) is 2.00. The number of nitrogens with zero attached hydrogens (tertiary/aromatic N) is 2. The molecule has 3 nitrogen and oxygen atoms in total. The lowest BCUT2D eigenvalue weighted by Gasteiger charge is -2.17. The zero-order valence-electron chi connectivity index (χ0n) is 11.4. The Morgan fingerprint density at radius 2 is 2.16 bits per heavy atom. The Hall–Kier alpha value is -0.780. The number of rotatable bonds is 5. The number of hydrogen-bond donors (Lipinski definition) is 1. The minimum Gasteiger partial charge on any atom is -0.311 e. The van der Waals surface area contributed by atoms with Crippen LogP contribution >= 0.6 is 27.7 Å². The summed E-state index contributed by atoms with van der Waals surface area (Å²) in [5, 5.41) is 7.64. The molecule has 0 saturated carbocycles. The Bertz CT molecular complexity index is 534. The van der Waals surface area contributed by atoms with Crippen LogP contribution in [0.2, 0.25) is 0 Å². The van der Waals surface area contributed by atoms with Gasteiger partial charge in [-0.15, -0.1) is 11.8 Å². The largest absolute Gasteiger partial charge is 0.311 e. The molecule has 1 atom stereocenters. The van der Waals surface area contributed by atoms with Crippen molar-refractivity contribution in [2.24, 2.45) is 7.05 Å². The van der Waals surface area contributed by atoms with Gasteiger partial charge in [-0.1, -0.05) is 18.2 Å². The second kappa shape index (κ2) is 6.59. The molecule has 1 N–H and O–H groups in total. The van der Waals surface area contributed by atoms with Crippen LogP contribution in [0.3, 0.4) is 0 Å². The molecule has 1 heterocycles. The van der Waals surface area contributed by atoms with E-state index >= 15 is 0 Å². The lowest BCUT2D eigenvalue weighted by Crippen LogP contribution is -2.22. The summed E-state index contributed by atoms with van der Waals surface area (Å²) in [6.07, 6.45) is 1.85. The van der Waals surface area contributed by atoms with E-state index in [0.717, 1.165) is 10.2 Å². The van der Waals surface area contributed by atoms with Crippen LogP contribution in [-0.2, 0) is 7.05 Å². The third-order valence-electron chi connectivity index (χ3n) is 3.12. The Labute approximate surface area is 126 Å². The van der Waals surface area contributed by atoms with Crippen LogP contribution in [0.15, 0.2) is 39.8 Å².